The second kappa shape index (κ2) is 9.57. The van der Waals surface area contributed by atoms with Gasteiger partial charge in [-0.2, -0.15) is 0 Å². The molecule has 0 unspecified atom stereocenters. The first-order chi connectivity index (χ1) is 11.9. The monoisotopic (exact) mass is 400 g/mol. The van der Waals surface area contributed by atoms with Crippen molar-refractivity contribution in [2.45, 2.75) is 25.7 Å². The van der Waals surface area contributed by atoms with E-state index in [1.165, 1.54) is 0 Å². The van der Waals surface area contributed by atoms with E-state index in [0.717, 1.165) is 27.2 Å². The van der Waals surface area contributed by atoms with Gasteiger partial charge >= 0.3 is 5.97 Å². The van der Waals surface area contributed by atoms with Gasteiger partial charge in [0.05, 0.1) is 24.2 Å². The largest absolute Gasteiger partial charge is 0.463 e. The molecule has 1 aromatic heterocycles. The van der Waals surface area contributed by atoms with Crippen molar-refractivity contribution in [1.29, 1.82) is 0 Å². The van der Waals surface area contributed by atoms with E-state index in [2.05, 4.69) is 0 Å². The van der Waals surface area contributed by atoms with E-state index in [1.807, 2.05) is 25.1 Å². The summed E-state index contributed by atoms with van der Waals surface area (Å²) in [4.78, 5) is 12.4. The third kappa shape index (κ3) is 5.71. The third-order valence-electron chi connectivity index (χ3n) is 3.51. The van der Waals surface area contributed by atoms with Crippen LogP contribution < -0.4 is 0 Å². The molecule has 0 radical (unpaired) electrons. The van der Waals surface area contributed by atoms with Gasteiger partial charge in [0, 0.05) is 16.0 Å². The number of carbonyl (C=O) groups excluding carboxylic acids is 1. The van der Waals surface area contributed by atoms with Crippen LogP contribution in [0.5, 0.6) is 0 Å². The minimum atomic E-state index is -0.200. The van der Waals surface area contributed by atoms with Crippen LogP contribution in [0.3, 0.4) is 0 Å². The van der Waals surface area contributed by atoms with Crippen LogP contribution in [0, 0.1) is 17.5 Å². The third-order valence-corrected chi connectivity index (χ3v) is 5.32. The average molecular weight is 401 g/mol. The lowest BCUT2D eigenvalue weighted by Gasteiger charge is -2.08. The van der Waals surface area contributed by atoms with Gasteiger partial charge in [0.2, 0.25) is 4.71 Å². The van der Waals surface area contributed by atoms with Gasteiger partial charge in [-0.05, 0) is 42.9 Å². The van der Waals surface area contributed by atoms with E-state index in [1.54, 1.807) is 25.6 Å². The van der Waals surface area contributed by atoms with Crippen molar-refractivity contribution in [3.63, 3.8) is 0 Å². The highest BCUT2D eigenvalue weighted by atomic mass is 35.5. The summed E-state index contributed by atoms with van der Waals surface area (Å²) in [5.41, 5.74) is 1.67. The number of carbonyl (C=O) groups is 1. The Morgan fingerprint density at radius 1 is 1.32 bits per heavy atom. The molecule has 4 nitrogen and oxygen atoms in total. The maximum Gasteiger partial charge on any atom is 0.308 e. The minimum Gasteiger partial charge on any atom is -0.463 e. The molecule has 0 saturated carbocycles. The fourth-order valence-electron chi connectivity index (χ4n) is 2.09. The fourth-order valence-corrected chi connectivity index (χ4v) is 3.27. The van der Waals surface area contributed by atoms with Gasteiger partial charge in [-0.1, -0.05) is 25.4 Å². The van der Waals surface area contributed by atoms with Gasteiger partial charge < -0.3 is 13.9 Å². The van der Waals surface area contributed by atoms with Crippen LogP contribution in [0.15, 0.2) is 27.5 Å². The van der Waals surface area contributed by atoms with Crippen molar-refractivity contribution < 1.29 is 18.7 Å². The zero-order valence-electron chi connectivity index (χ0n) is 14.5. The lowest BCUT2D eigenvalue weighted by atomic mass is 10.1. The topological polar surface area (TPSA) is 48.7 Å². The number of hydrogen-bond donors (Lipinski definition) is 0. The molecule has 136 valence electrons. The number of ether oxygens (including phenoxy) is 2. The first-order valence-corrected chi connectivity index (χ1v) is 9.77. The smallest absolute Gasteiger partial charge is 0.308 e. The molecule has 1 aromatic carbocycles. The molecule has 0 N–H and O–H groups in total. The van der Waals surface area contributed by atoms with Gasteiger partial charge in [-0.25, -0.2) is 0 Å². The number of benzene rings is 1. The molecule has 0 saturated heterocycles. The summed E-state index contributed by atoms with van der Waals surface area (Å²) in [7, 11) is 0. The van der Waals surface area contributed by atoms with E-state index < -0.39 is 0 Å². The van der Waals surface area contributed by atoms with E-state index in [-0.39, 0.29) is 18.5 Å². The zero-order valence-corrected chi connectivity index (χ0v) is 16.9. The second-order valence-corrected chi connectivity index (χ2v) is 7.69. The molecular weight excluding hydrogens is 380 g/mol. The van der Waals surface area contributed by atoms with Crippen molar-refractivity contribution in [2.24, 2.45) is 5.92 Å². The molecule has 0 fully saturated rings. The van der Waals surface area contributed by atoms with Crippen LogP contribution in [0.4, 0.5) is 0 Å². The summed E-state index contributed by atoms with van der Waals surface area (Å²) in [6, 6.07) is 5.98. The first kappa shape index (κ1) is 20.2. The van der Waals surface area contributed by atoms with Crippen LogP contribution in [-0.4, -0.2) is 31.5 Å². The molecule has 25 heavy (non-hydrogen) atoms. The molecule has 2 aromatic rings. The Kier molecular flexibility index (Phi) is 7.75. The number of thioether (sulfide) groups is 1. The standard InChI is InChI=1S/C18H21ClO4S2/c1-11(2)17(20)22-7-6-21-8-9-25-13-4-5-14-12(3)16(19)18(24)23-15(14)10-13/h4-5,10-11H,6-9H2,1-3H3. The summed E-state index contributed by atoms with van der Waals surface area (Å²) in [6.45, 7) is 6.81. The number of halogens is 1. The van der Waals surface area contributed by atoms with Gasteiger partial charge in [0.1, 0.15) is 12.2 Å². The van der Waals surface area contributed by atoms with Crippen LogP contribution >= 0.6 is 35.6 Å². The molecule has 7 heteroatoms. The first-order valence-electron chi connectivity index (χ1n) is 8.00. The Bertz CT molecular complexity index is 801. The normalized spacial score (nSPS) is 11.2. The summed E-state index contributed by atoms with van der Waals surface area (Å²) in [5, 5.41) is 1.46. The predicted molar refractivity (Wildman–Crippen MR) is 104 cm³/mol. The quantitative estimate of drug-likeness (QED) is 0.255. The Labute approximate surface area is 161 Å². The van der Waals surface area contributed by atoms with Gasteiger partial charge in [-0.3, -0.25) is 4.79 Å². The van der Waals surface area contributed by atoms with Crippen molar-refractivity contribution >= 4 is 52.5 Å². The van der Waals surface area contributed by atoms with E-state index >= 15 is 0 Å². The van der Waals surface area contributed by atoms with Crippen LogP contribution in [0.2, 0.25) is 5.02 Å². The lowest BCUT2D eigenvalue weighted by molar-refractivity contribution is -0.148. The second-order valence-electron chi connectivity index (χ2n) is 5.77. The highest BCUT2D eigenvalue weighted by Gasteiger charge is 2.08. The number of hydrogen-bond acceptors (Lipinski definition) is 6. The van der Waals surface area contributed by atoms with E-state index in [9.17, 15) is 4.79 Å². The molecule has 0 amide bonds. The number of fused-ring (bicyclic) bond motifs is 1. The maximum absolute atomic E-state index is 11.3. The van der Waals surface area contributed by atoms with E-state index in [0.29, 0.717) is 22.9 Å². The Hall–Kier alpha value is -1.08. The maximum atomic E-state index is 11.3. The van der Waals surface area contributed by atoms with Crippen molar-refractivity contribution in [3.8, 4) is 0 Å². The van der Waals surface area contributed by atoms with Gasteiger partial charge in [-0.15, -0.1) is 11.8 Å². The summed E-state index contributed by atoms with van der Waals surface area (Å²) in [5.74, 6) is 0.481. The Morgan fingerprint density at radius 3 is 2.80 bits per heavy atom. The molecule has 0 aliphatic heterocycles. The number of aryl methyl sites for hydroxylation is 1. The number of rotatable bonds is 8. The van der Waals surface area contributed by atoms with Crippen LogP contribution in [-0.2, 0) is 14.3 Å². The minimum absolute atomic E-state index is 0.108. The molecule has 2 rings (SSSR count). The SMILES string of the molecule is Cc1c(Cl)c(=S)oc2cc(SCCOCCOC(=O)C(C)C)ccc12. The average Bonchev–Trinajstić information content (AvgIpc) is 2.58. The van der Waals surface area contributed by atoms with E-state index in [4.69, 9.17) is 37.7 Å². The molecule has 0 aliphatic rings. The lowest BCUT2D eigenvalue weighted by Crippen LogP contribution is -2.15. The Morgan fingerprint density at radius 2 is 2.08 bits per heavy atom. The summed E-state index contributed by atoms with van der Waals surface area (Å²) in [6.07, 6.45) is 0. The highest BCUT2D eigenvalue weighted by Crippen LogP contribution is 2.30. The van der Waals surface area contributed by atoms with Gasteiger partial charge in [0.25, 0.3) is 0 Å². The van der Waals surface area contributed by atoms with Crippen LogP contribution in [0.25, 0.3) is 11.0 Å². The molecule has 1 heterocycles. The Balaban J connectivity index is 1.79. The summed E-state index contributed by atoms with van der Waals surface area (Å²) >= 11 is 12.9. The molecule has 0 bridgehead atoms. The fraction of sp³-hybridized carbons (Fsp3) is 0.444. The number of esters is 1. The molecule has 0 spiro atoms. The molecule has 0 aliphatic carbocycles. The van der Waals surface area contributed by atoms with Crippen molar-refractivity contribution in [3.05, 3.63) is 33.5 Å². The van der Waals surface area contributed by atoms with Crippen molar-refractivity contribution in [2.75, 3.05) is 25.6 Å². The van der Waals surface area contributed by atoms with Crippen molar-refractivity contribution in [1.82, 2.24) is 0 Å². The molecule has 0 atom stereocenters. The predicted octanol–water partition coefficient (Wildman–Crippen LogP) is 5.43. The van der Waals surface area contributed by atoms with Gasteiger partial charge in [0.15, 0.2) is 0 Å². The zero-order chi connectivity index (χ0) is 18.4. The highest BCUT2D eigenvalue weighted by molar-refractivity contribution is 7.99. The molecular formula is C18H21ClO4S2. The van der Waals surface area contributed by atoms with Crippen LogP contribution in [0.1, 0.15) is 19.4 Å². The summed E-state index contributed by atoms with van der Waals surface area (Å²) < 4.78 is 16.4.